The molecule has 0 aliphatic rings. The van der Waals surface area contributed by atoms with E-state index < -0.39 is 0 Å². The van der Waals surface area contributed by atoms with Gasteiger partial charge in [0.15, 0.2) is 0 Å². The Labute approximate surface area is 153 Å². The summed E-state index contributed by atoms with van der Waals surface area (Å²) < 4.78 is 10.4. The molecule has 0 fully saturated rings. The third-order valence-corrected chi connectivity index (χ3v) is 3.79. The molecular formula is C20H24N2O4. The van der Waals surface area contributed by atoms with Gasteiger partial charge in [0.05, 0.1) is 14.2 Å². The number of methoxy groups -OCH3 is 2. The van der Waals surface area contributed by atoms with E-state index in [4.69, 9.17) is 9.47 Å². The Hall–Kier alpha value is -3.02. The lowest BCUT2D eigenvalue weighted by atomic mass is 10.1. The Morgan fingerprint density at radius 3 is 2.23 bits per heavy atom. The normalized spacial score (nSPS) is 10.3. The van der Waals surface area contributed by atoms with Crippen LogP contribution in [0.5, 0.6) is 11.5 Å². The van der Waals surface area contributed by atoms with Crippen molar-refractivity contribution in [3.8, 4) is 11.5 Å². The third kappa shape index (κ3) is 5.24. The maximum Gasteiger partial charge on any atom is 0.251 e. The lowest BCUT2D eigenvalue weighted by molar-refractivity contribution is -0.118. The molecule has 0 spiro atoms. The quantitative estimate of drug-likeness (QED) is 0.798. The molecule has 2 amide bonds. The van der Waals surface area contributed by atoms with E-state index in [2.05, 4.69) is 10.6 Å². The van der Waals surface area contributed by atoms with Crippen LogP contribution in [0.15, 0.2) is 42.5 Å². The fourth-order valence-electron chi connectivity index (χ4n) is 2.27. The molecule has 0 unspecified atom stereocenters. The van der Waals surface area contributed by atoms with Crippen molar-refractivity contribution in [1.82, 2.24) is 5.32 Å². The Morgan fingerprint density at radius 2 is 1.65 bits per heavy atom. The average molecular weight is 356 g/mol. The highest BCUT2D eigenvalue weighted by Crippen LogP contribution is 2.22. The van der Waals surface area contributed by atoms with Crippen LogP contribution < -0.4 is 20.1 Å². The number of anilines is 1. The van der Waals surface area contributed by atoms with Gasteiger partial charge in [-0.1, -0.05) is 26.0 Å². The number of carbonyl (C=O) groups is 2. The van der Waals surface area contributed by atoms with E-state index in [9.17, 15) is 9.59 Å². The molecule has 6 nitrogen and oxygen atoms in total. The van der Waals surface area contributed by atoms with Gasteiger partial charge in [0.25, 0.3) is 5.91 Å². The molecule has 0 bridgehead atoms. The molecule has 0 radical (unpaired) electrons. The number of ether oxygens (including phenoxy) is 2. The maximum absolute atomic E-state index is 12.4. The van der Waals surface area contributed by atoms with Crippen molar-refractivity contribution in [2.45, 2.75) is 20.4 Å². The molecule has 138 valence electrons. The molecule has 2 N–H and O–H groups in total. The molecule has 6 heteroatoms. The van der Waals surface area contributed by atoms with Crippen molar-refractivity contribution in [2.75, 3.05) is 19.5 Å². The standard InChI is InChI=1S/C20H24N2O4/c1-13(2)19(23)22-16-7-5-6-14(8-16)12-21-20(24)15-9-17(25-3)11-18(10-15)26-4/h5-11,13H,12H2,1-4H3,(H,21,24)(H,22,23). The fraction of sp³-hybridized carbons (Fsp3) is 0.300. The molecule has 26 heavy (non-hydrogen) atoms. The summed E-state index contributed by atoms with van der Waals surface area (Å²) in [5.41, 5.74) is 2.04. The smallest absolute Gasteiger partial charge is 0.251 e. The lowest BCUT2D eigenvalue weighted by Gasteiger charge is -2.11. The first-order valence-corrected chi connectivity index (χ1v) is 8.34. The zero-order valence-corrected chi connectivity index (χ0v) is 15.5. The molecule has 0 heterocycles. The molecule has 0 saturated carbocycles. The zero-order chi connectivity index (χ0) is 19.1. The van der Waals surface area contributed by atoms with Gasteiger partial charge in [0.1, 0.15) is 11.5 Å². The second-order valence-corrected chi connectivity index (χ2v) is 6.13. The minimum Gasteiger partial charge on any atom is -0.497 e. The number of hydrogen-bond acceptors (Lipinski definition) is 4. The monoisotopic (exact) mass is 356 g/mol. The SMILES string of the molecule is COc1cc(OC)cc(C(=O)NCc2cccc(NC(=O)C(C)C)c2)c1. The van der Waals surface area contributed by atoms with Crippen molar-refractivity contribution in [1.29, 1.82) is 0 Å². The van der Waals surface area contributed by atoms with E-state index in [1.165, 1.54) is 14.2 Å². The van der Waals surface area contributed by atoms with E-state index in [0.29, 0.717) is 29.3 Å². The second kappa shape index (κ2) is 8.89. The molecule has 0 saturated heterocycles. The van der Waals surface area contributed by atoms with Crippen molar-refractivity contribution >= 4 is 17.5 Å². The summed E-state index contributed by atoms with van der Waals surface area (Å²) in [6.07, 6.45) is 0. The first-order chi connectivity index (χ1) is 12.4. The minimum atomic E-state index is -0.237. The summed E-state index contributed by atoms with van der Waals surface area (Å²) in [5.74, 6) is 0.718. The minimum absolute atomic E-state index is 0.0466. The van der Waals surface area contributed by atoms with Gasteiger partial charge in [0.2, 0.25) is 5.91 Å². The van der Waals surface area contributed by atoms with Gasteiger partial charge in [-0.25, -0.2) is 0 Å². The van der Waals surface area contributed by atoms with E-state index in [1.54, 1.807) is 18.2 Å². The fourth-order valence-corrected chi connectivity index (χ4v) is 2.27. The van der Waals surface area contributed by atoms with Gasteiger partial charge in [-0.15, -0.1) is 0 Å². The molecule has 2 aromatic carbocycles. The first-order valence-electron chi connectivity index (χ1n) is 8.34. The lowest BCUT2D eigenvalue weighted by Crippen LogP contribution is -2.23. The van der Waals surface area contributed by atoms with Gasteiger partial charge >= 0.3 is 0 Å². The summed E-state index contributed by atoms with van der Waals surface area (Å²) in [6.45, 7) is 4.01. The molecule has 0 aliphatic heterocycles. The highest BCUT2D eigenvalue weighted by molar-refractivity contribution is 5.95. The summed E-state index contributed by atoms with van der Waals surface area (Å²) in [5, 5.41) is 5.70. The van der Waals surface area contributed by atoms with Crippen LogP contribution in [0.3, 0.4) is 0 Å². The third-order valence-electron chi connectivity index (χ3n) is 3.79. The predicted molar refractivity (Wildman–Crippen MR) is 101 cm³/mol. The molecule has 0 atom stereocenters. The van der Waals surface area contributed by atoms with Gasteiger partial charge in [0, 0.05) is 29.8 Å². The second-order valence-electron chi connectivity index (χ2n) is 6.13. The van der Waals surface area contributed by atoms with Crippen LogP contribution in [0.4, 0.5) is 5.69 Å². The van der Waals surface area contributed by atoms with E-state index in [1.807, 2.05) is 38.1 Å². The largest absolute Gasteiger partial charge is 0.497 e. The van der Waals surface area contributed by atoms with Crippen LogP contribution in [0.25, 0.3) is 0 Å². The summed E-state index contributed by atoms with van der Waals surface area (Å²) in [6, 6.07) is 12.4. The highest BCUT2D eigenvalue weighted by Gasteiger charge is 2.11. The van der Waals surface area contributed by atoms with Gasteiger partial charge in [-0.2, -0.15) is 0 Å². The molecule has 0 aliphatic carbocycles. The number of amides is 2. The van der Waals surface area contributed by atoms with Gasteiger partial charge in [-0.3, -0.25) is 9.59 Å². The van der Waals surface area contributed by atoms with Crippen LogP contribution >= 0.6 is 0 Å². The van der Waals surface area contributed by atoms with Crippen molar-refractivity contribution < 1.29 is 19.1 Å². The topological polar surface area (TPSA) is 76.7 Å². The van der Waals surface area contributed by atoms with Crippen molar-refractivity contribution in [3.05, 3.63) is 53.6 Å². The zero-order valence-electron chi connectivity index (χ0n) is 15.5. The highest BCUT2D eigenvalue weighted by atomic mass is 16.5. The molecular weight excluding hydrogens is 332 g/mol. The van der Waals surface area contributed by atoms with Gasteiger partial charge in [-0.05, 0) is 29.8 Å². The number of nitrogens with one attached hydrogen (secondary N) is 2. The number of benzene rings is 2. The van der Waals surface area contributed by atoms with Crippen LogP contribution in [0, 0.1) is 5.92 Å². The Morgan fingerprint density at radius 1 is 1.00 bits per heavy atom. The van der Waals surface area contributed by atoms with Crippen LogP contribution in [-0.2, 0) is 11.3 Å². The van der Waals surface area contributed by atoms with Crippen LogP contribution in [-0.4, -0.2) is 26.0 Å². The Bertz CT molecular complexity index is 765. The van der Waals surface area contributed by atoms with Crippen molar-refractivity contribution in [2.24, 2.45) is 5.92 Å². The van der Waals surface area contributed by atoms with Crippen molar-refractivity contribution in [3.63, 3.8) is 0 Å². The van der Waals surface area contributed by atoms with Gasteiger partial charge < -0.3 is 20.1 Å². The average Bonchev–Trinajstić information content (AvgIpc) is 2.65. The summed E-state index contributed by atoms with van der Waals surface area (Å²) in [7, 11) is 3.07. The van der Waals surface area contributed by atoms with Crippen LogP contribution in [0.1, 0.15) is 29.8 Å². The summed E-state index contributed by atoms with van der Waals surface area (Å²) in [4.78, 5) is 24.2. The van der Waals surface area contributed by atoms with Crippen LogP contribution in [0.2, 0.25) is 0 Å². The molecule has 2 rings (SSSR count). The Kier molecular flexibility index (Phi) is 6.60. The Balaban J connectivity index is 2.04. The first kappa shape index (κ1) is 19.3. The number of carbonyl (C=O) groups excluding carboxylic acids is 2. The number of rotatable bonds is 7. The van der Waals surface area contributed by atoms with E-state index >= 15 is 0 Å². The molecule has 2 aromatic rings. The molecule has 0 aromatic heterocycles. The number of hydrogen-bond donors (Lipinski definition) is 2. The van der Waals surface area contributed by atoms with E-state index in [0.717, 1.165) is 5.56 Å². The summed E-state index contributed by atoms with van der Waals surface area (Å²) >= 11 is 0. The van der Waals surface area contributed by atoms with E-state index in [-0.39, 0.29) is 17.7 Å². The maximum atomic E-state index is 12.4. The predicted octanol–water partition coefficient (Wildman–Crippen LogP) is 3.23.